The minimum atomic E-state index is -0.219. The van der Waals surface area contributed by atoms with Crippen LogP contribution in [0.5, 0.6) is 5.75 Å². The van der Waals surface area contributed by atoms with Crippen molar-refractivity contribution in [3.63, 3.8) is 0 Å². The molecule has 0 fully saturated rings. The minimum absolute atomic E-state index is 0. The van der Waals surface area contributed by atoms with Gasteiger partial charge in [-0.1, -0.05) is 58.4 Å². The van der Waals surface area contributed by atoms with E-state index in [1.54, 1.807) is 0 Å². The van der Waals surface area contributed by atoms with Crippen LogP contribution >= 0.6 is 0 Å². The zero-order chi connectivity index (χ0) is 17.4. The van der Waals surface area contributed by atoms with Gasteiger partial charge in [-0.05, 0) is 30.9 Å². The van der Waals surface area contributed by atoms with Crippen LogP contribution in [-0.2, 0) is 45.7 Å². The van der Waals surface area contributed by atoms with Crippen LogP contribution in [0, 0.1) is 14.4 Å². The summed E-state index contributed by atoms with van der Waals surface area (Å²) in [5, 5.41) is 14.8. The van der Waals surface area contributed by atoms with Crippen LogP contribution < -0.4 is 5.56 Å². The Morgan fingerprint density at radius 2 is 1.72 bits per heavy atom. The molecule has 1 aromatic heterocycles. The van der Waals surface area contributed by atoms with E-state index in [-0.39, 0.29) is 51.4 Å². The Bertz CT molecular complexity index is 697. The predicted octanol–water partition coefficient (Wildman–Crippen LogP) is 4.76. The SMILES string of the molecule is CC.CCCc1nn(CCC)c(=O)c(-c2ccccc2C)c1O.[CH3-].[Y]. The molecule has 4 nitrogen and oxygen atoms in total. The number of aromatic hydroxyl groups is 1. The molecule has 0 amide bonds. The van der Waals surface area contributed by atoms with E-state index in [9.17, 15) is 9.90 Å². The summed E-state index contributed by atoms with van der Waals surface area (Å²) in [5.41, 5.74) is 2.51. The Kier molecular flexibility index (Phi) is 13.9. The fourth-order valence-electron chi connectivity index (χ4n) is 2.48. The number of hydrogen-bond acceptors (Lipinski definition) is 3. The molecular weight excluding hydrogens is 389 g/mol. The molecule has 0 aliphatic heterocycles. The molecule has 25 heavy (non-hydrogen) atoms. The second kappa shape index (κ2) is 13.2. The van der Waals surface area contributed by atoms with Gasteiger partial charge >= 0.3 is 0 Å². The smallest absolute Gasteiger partial charge is 0.278 e. The molecule has 5 heteroatoms. The second-order valence-electron chi connectivity index (χ2n) is 5.26. The first-order valence-corrected chi connectivity index (χ1v) is 8.49. The van der Waals surface area contributed by atoms with E-state index in [0.717, 1.165) is 24.0 Å². The van der Waals surface area contributed by atoms with Gasteiger partial charge in [-0.25, -0.2) is 4.68 Å². The third-order valence-electron chi connectivity index (χ3n) is 3.54. The summed E-state index contributed by atoms with van der Waals surface area (Å²) in [7, 11) is 0. The van der Waals surface area contributed by atoms with Crippen LogP contribution in [-0.4, -0.2) is 14.9 Å². The van der Waals surface area contributed by atoms with Crippen molar-refractivity contribution in [2.75, 3.05) is 0 Å². The molecular formula is C20H31N2O2Y-. The summed E-state index contributed by atoms with van der Waals surface area (Å²) in [6, 6.07) is 7.62. The molecule has 0 aliphatic rings. The van der Waals surface area contributed by atoms with E-state index in [2.05, 4.69) is 5.10 Å². The fourth-order valence-corrected chi connectivity index (χ4v) is 2.48. The van der Waals surface area contributed by atoms with E-state index < -0.39 is 0 Å². The molecule has 1 radical (unpaired) electrons. The quantitative estimate of drug-likeness (QED) is 0.710. The average molecular weight is 420 g/mol. The van der Waals surface area contributed by atoms with Gasteiger partial charge in [0.2, 0.25) is 0 Å². The van der Waals surface area contributed by atoms with E-state index in [4.69, 9.17) is 0 Å². The normalized spacial score (nSPS) is 9.32. The van der Waals surface area contributed by atoms with Crippen LogP contribution in [0.25, 0.3) is 11.1 Å². The Morgan fingerprint density at radius 1 is 1.12 bits per heavy atom. The molecule has 0 bridgehead atoms. The van der Waals surface area contributed by atoms with Crippen molar-refractivity contribution in [1.82, 2.24) is 9.78 Å². The van der Waals surface area contributed by atoms with E-state index in [1.807, 2.05) is 58.9 Å². The molecule has 0 unspecified atom stereocenters. The third-order valence-corrected chi connectivity index (χ3v) is 3.54. The molecule has 1 heterocycles. The predicted molar refractivity (Wildman–Crippen MR) is 102 cm³/mol. The van der Waals surface area contributed by atoms with Crippen molar-refractivity contribution in [2.24, 2.45) is 0 Å². The van der Waals surface area contributed by atoms with Crippen LogP contribution in [0.15, 0.2) is 29.1 Å². The number of benzene rings is 1. The van der Waals surface area contributed by atoms with Crippen molar-refractivity contribution in [3.8, 4) is 16.9 Å². The maximum Gasteiger partial charge on any atom is 0.278 e. The third kappa shape index (κ3) is 6.34. The van der Waals surface area contributed by atoms with Gasteiger partial charge in [0, 0.05) is 39.3 Å². The Hall–Kier alpha value is -0.996. The van der Waals surface area contributed by atoms with Gasteiger partial charge in [0.25, 0.3) is 5.56 Å². The molecule has 137 valence electrons. The van der Waals surface area contributed by atoms with E-state index in [0.29, 0.717) is 24.2 Å². The van der Waals surface area contributed by atoms with Gasteiger partial charge in [-0.15, -0.1) is 0 Å². The van der Waals surface area contributed by atoms with Crippen LogP contribution in [0.3, 0.4) is 0 Å². The zero-order valence-electron chi connectivity index (χ0n) is 16.5. The monoisotopic (exact) mass is 420 g/mol. The number of hydrogen-bond donors (Lipinski definition) is 1. The first-order chi connectivity index (χ1) is 11.1. The van der Waals surface area contributed by atoms with Crippen LogP contribution in [0.2, 0.25) is 0 Å². The summed E-state index contributed by atoms with van der Waals surface area (Å²) < 4.78 is 1.48. The Balaban J connectivity index is 0. The van der Waals surface area contributed by atoms with E-state index in [1.165, 1.54) is 4.68 Å². The molecule has 0 atom stereocenters. The maximum atomic E-state index is 12.6. The van der Waals surface area contributed by atoms with Crippen molar-refractivity contribution < 1.29 is 37.8 Å². The topological polar surface area (TPSA) is 55.1 Å². The Morgan fingerprint density at radius 3 is 2.24 bits per heavy atom. The molecule has 0 saturated carbocycles. The number of rotatable bonds is 5. The number of nitrogens with zero attached hydrogens (tertiary/aromatic N) is 2. The van der Waals surface area contributed by atoms with Gasteiger partial charge in [-0.2, -0.15) is 5.10 Å². The van der Waals surface area contributed by atoms with Crippen molar-refractivity contribution in [2.45, 2.75) is 60.4 Å². The number of aromatic nitrogens is 2. The molecule has 1 aromatic carbocycles. The molecule has 2 aromatic rings. The van der Waals surface area contributed by atoms with Gasteiger partial charge in [0.15, 0.2) is 5.75 Å². The molecule has 0 spiro atoms. The fraction of sp³-hybridized carbons (Fsp3) is 0.450. The second-order valence-corrected chi connectivity index (χ2v) is 5.26. The average Bonchev–Trinajstić information content (AvgIpc) is 2.56. The molecule has 0 aliphatic carbocycles. The van der Waals surface area contributed by atoms with Crippen LogP contribution in [0.1, 0.15) is 51.8 Å². The Labute approximate surface area is 177 Å². The maximum absolute atomic E-state index is 12.6. The largest absolute Gasteiger partial charge is 0.505 e. The zero-order valence-corrected chi connectivity index (χ0v) is 19.3. The standard InChI is InChI=1S/C17H22N2O2.C2H6.CH3.Y/c1-4-8-14-16(20)15(13-10-7-6-9-12(13)3)17(21)19(18-14)11-5-2;1-2;;/h6-7,9-10,20H,4-5,8,11H2,1-3H3;1-2H3;1H3;/q;;-1;. The summed E-state index contributed by atoms with van der Waals surface area (Å²) in [4.78, 5) is 12.6. The summed E-state index contributed by atoms with van der Waals surface area (Å²) >= 11 is 0. The first kappa shape index (κ1) is 26.2. The van der Waals surface area contributed by atoms with Gasteiger partial charge in [0.05, 0.1) is 5.56 Å². The molecule has 0 saturated heterocycles. The molecule has 1 N–H and O–H groups in total. The van der Waals surface area contributed by atoms with Gasteiger partial charge < -0.3 is 12.5 Å². The minimum Gasteiger partial charge on any atom is -0.505 e. The number of aryl methyl sites for hydroxylation is 3. The summed E-state index contributed by atoms with van der Waals surface area (Å²) in [6.45, 7) is 10.5. The first-order valence-electron chi connectivity index (χ1n) is 8.49. The van der Waals surface area contributed by atoms with Gasteiger partial charge in [0.1, 0.15) is 5.69 Å². The van der Waals surface area contributed by atoms with Crippen LogP contribution in [0.4, 0.5) is 0 Å². The van der Waals surface area contributed by atoms with Crippen molar-refractivity contribution >= 4 is 0 Å². The van der Waals surface area contributed by atoms with E-state index >= 15 is 0 Å². The van der Waals surface area contributed by atoms with Crippen molar-refractivity contribution in [3.05, 3.63) is 53.3 Å². The van der Waals surface area contributed by atoms with Crippen molar-refractivity contribution in [1.29, 1.82) is 0 Å². The summed E-state index contributed by atoms with van der Waals surface area (Å²) in [6.07, 6.45) is 2.36. The van der Waals surface area contributed by atoms with Gasteiger partial charge in [-0.3, -0.25) is 4.79 Å². The summed E-state index contributed by atoms with van der Waals surface area (Å²) in [5.74, 6) is 0.0310. The molecule has 2 rings (SSSR count).